The van der Waals surface area contributed by atoms with Crippen LogP contribution in [0.3, 0.4) is 0 Å². The number of para-hydroxylation sites is 1. The Bertz CT molecular complexity index is 821. The van der Waals surface area contributed by atoms with Crippen LogP contribution in [0, 0.1) is 0 Å². The zero-order valence-electron chi connectivity index (χ0n) is 14.9. The molecule has 1 N–H and O–H groups in total. The van der Waals surface area contributed by atoms with Gasteiger partial charge in [-0.1, -0.05) is 12.1 Å². The van der Waals surface area contributed by atoms with Crippen molar-refractivity contribution in [1.29, 1.82) is 0 Å². The highest BCUT2D eigenvalue weighted by molar-refractivity contribution is 5.94. The lowest BCUT2D eigenvalue weighted by atomic mass is 10.0. The molecule has 0 aliphatic carbocycles. The Hall–Kier alpha value is -2.60. The number of nitrogens with one attached hydrogen (secondary N) is 1. The van der Waals surface area contributed by atoms with Gasteiger partial charge < -0.3 is 19.5 Å². The number of piperidine rings is 1. The molecule has 0 spiro atoms. The molecule has 3 saturated heterocycles. The van der Waals surface area contributed by atoms with Crippen molar-refractivity contribution in [3.8, 4) is 11.3 Å². The molecule has 136 valence electrons. The second kappa shape index (κ2) is 6.96. The average molecular weight is 353 g/mol. The van der Waals surface area contributed by atoms with Crippen LogP contribution < -0.4 is 10.2 Å². The van der Waals surface area contributed by atoms with E-state index in [-0.39, 0.29) is 5.91 Å². The van der Waals surface area contributed by atoms with Gasteiger partial charge in [0, 0.05) is 50.8 Å². The van der Waals surface area contributed by atoms with Gasteiger partial charge in [0.2, 0.25) is 5.91 Å². The number of rotatable bonds is 4. The molecule has 2 bridgehead atoms. The lowest BCUT2D eigenvalue weighted by Gasteiger charge is -2.32. The number of hydrogen-bond acceptors (Lipinski definition) is 5. The van der Waals surface area contributed by atoms with Gasteiger partial charge in [0.05, 0.1) is 11.4 Å². The van der Waals surface area contributed by atoms with Crippen LogP contribution in [0.4, 0.5) is 11.4 Å². The lowest BCUT2D eigenvalue weighted by molar-refractivity contribution is -0.114. The van der Waals surface area contributed by atoms with E-state index in [0.29, 0.717) is 23.2 Å². The minimum absolute atomic E-state index is 0.140. The Morgan fingerprint density at radius 2 is 1.96 bits per heavy atom. The minimum atomic E-state index is -0.140. The Kier molecular flexibility index (Phi) is 4.51. The molecule has 1 aromatic carbocycles. The second-order valence-corrected chi connectivity index (χ2v) is 6.97. The summed E-state index contributed by atoms with van der Waals surface area (Å²) >= 11 is 0. The van der Waals surface area contributed by atoms with E-state index >= 15 is 0 Å². The van der Waals surface area contributed by atoms with E-state index in [2.05, 4.69) is 15.1 Å². The summed E-state index contributed by atoms with van der Waals surface area (Å²) in [5, 5.41) is 2.83. The number of hydrogen-bond donors (Lipinski definition) is 1. The van der Waals surface area contributed by atoms with E-state index < -0.39 is 0 Å². The second-order valence-electron chi connectivity index (χ2n) is 6.97. The summed E-state index contributed by atoms with van der Waals surface area (Å²) in [6.45, 7) is 5.63. The first-order valence-electron chi connectivity index (χ1n) is 9.10. The van der Waals surface area contributed by atoms with Crippen LogP contribution in [-0.4, -0.2) is 49.3 Å². The molecule has 3 aliphatic rings. The van der Waals surface area contributed by atoms with E-state index in [1.807, 2.05) is 30.3 Å². The topological polar surface area (TPSA) is 65.8 Å². The van der Waals surface area contributed by atoms with Crippen LogP contribution >= 0.6 is 0 Å². The maximum Gasteiger partial charge on any atom is 0.221 e. The molecule has 0 unspecified atom stereocenters. The van der Waals surface area contributed by atoms with Gasteiger partial charge in [0.25, 0.3) is 0 Å². The van der Waals surface area contributed by atoms with Gasteiger partial charge in [0.15, 0.2) is 12.0 Å². The van der Waals surface area contributed by atoms with Gasteiger partial charge in [0.1, 0.15) is 5.76 Å². The SMILES string of the molecule is CC(=O)Nc1ccccc1-c1cc(N2CCN3CCC2CC3)c(C=O)o1. The van der Waals surface area contributed by atoms with Gasteiger partial charge in [-0.05, 0) is 25.0 Å². The van der Waals surface area contributed by atoms with Crippen LogP contribution in [-0.2, 0) is 4.79 Å². The molecule has 1 amide bonds. The summed E-state index contributed by atoms with van der Waals surface area (Å²) < 4.78 is 5.90. The smallest absolute Gasteiger partial charge is 0.221 e. The zero-order valence-corrected chi connectivity index (χ0v) is 14.9. The van der Waals surface area contributed by atoms with Crippen molar-refractivity contribution < 1.29 is 14.0 Å². The number of amides is 1. The van der Waals surface area contributed by atoms with Gasteiger partial charge >= 0.3 is 0 Å². The molecule has 4 heterocycles. The predicted molar refractivity (Wildman–Crippen MR) is 101 cm³/mol. The summed E-state index contributed by atoms with van der Waals surface area (Å²) in [6.07, 6.45) is 3.01. The highest BCUT2D eigenvalue weighted by atomic mass is 16.3. The minimum Gasteiger partial charge on any atom is -0.451 e. The number of furan rings is 1. The van der Waals surface area contributed by atoms with E-state index in [9.17, 15) is 9.59 Å². The van der Waals surface area contributed by atoms with Crippen LogP contribution in [0.15, 0.2) is 34.7 Å². The standard InChI is InChI=1S/C20H23N3O3/c1-14(25)21-17-5-3-2-4-16(17)19-12-18(20(13-24)26-19)23-11-10-22-8-6-15(23)7-9-22/h2-5,12-13,15H,6-11H2,1H3,(H,21,25). The summed E-state index contributed by atoms with van der Waals surface area (Å²) in [5.74, 6) is 0.821. The van der Waals surface area contributed by atoms with E-state index in [0.717, 1.165) is 56.6 Å². The number of anilines is 2. The van der Waals surface area contributed by atoms with Crippen LogP contribution in [0.2, 0.25) is 0 Å². The monoisotopic (exact) mass is 353 g/mol. The quantitative estimate of drug-likeness (QED) is 0.856. The average Bonchev–Trinajstić information content (AvgIpc) is 2.84. The molecule has 0 saturated carbocycles. The molecular weight excluding hydrogens is 330 g/mol. The Morgan fingerprint density at radius 3 is 2.69 bits per heavy atom. The molecule has 6 heteroatoms. The third-order valence-electron chi connectivity index (χ3n) is 5.31. The number of carbonyl (C=O) groups is 2. The number of nitrogens with zero attached hydrogens (tertiary/aromatic N) is 2. The van der Waals surface area contributed by atoms with Gasteiger partial charge in [-0.15, -0.1) is 0 Å². The van der Waals surface area contributed by atoms with Crippen LogP contribution in [0.1, 0.15) is 30.3 Å². The lowest BCUT2D eigenvalue weighted by Crippen LogP contribution is -2.38. The summed E-state index contributed by atoms with van der Waals surface area (Å²) in [5.41, 5.74) is 2.32. The van der Waals surface area contributed by atoms with Crippen molar-refractivity contribution in [3.05, 3.63) is 36.1 Å². The van der Waals surface area contributed by atoms with Crippen LogP contribution in [0.25, 0.3) is 11.3 Å². The number of carbonyl (C=O) groups excluding carboxylic acids is 2. The van der Waals surface area contributed by atoms with E-state index in [1.54, 1.807) is 0 Å². The molecule has 0 atom stereocenters. The van der Waals surface area contributed by atoms with Gasteiger partial charge in [-0.2, -0.15) is 0 Å². The molecule has 3 aliphatic heterocycles. The van der Waals surface area contributed by atoms with Gasteiger partial charge in [-0.3, -0.25) is 9.59 Å². The maximum atomic E-state index is 11.7. The summed E-state index contributed by atoms with van der Waals surface area (Å²) in [7, 11) is 0. The fourth-order valence-electron chi connectivity index (χ4n) is 4.04. The normalized spacial score (nSPS) is 22.1. The number of fused-ring (bicyclic) bond motifs is 4. The third-order valence-corrected chi connectivity index (χ3v) is 5.31. The first-order chi connectivity index (χ1) is 12.7. The van der Waals surface area contributed by atoms with Crippen LogP contribution in [0.5, 0.6) is 0 Å². The molecular formula is C20H23N3O3. The molecule has 2 aromatic rings. The van der Waals surface area contributed by atoms with Crippen molar-refractivity contribution >= 4 is 23.6 Å². The van der Waals surface area contributed by atoms with E-state index in [1.165, 1.54) is 6.92 Å². The van der Waals surface area contributed by atoms with Crippen molar-refractivity contribution in [3.63, 3.8) is 0 Å². The largest absolute Gasteiger partial charge is 0.451 e. The fraction of sp³-hybridized carbons (Fsp3) is 0.400. The van der Waals surface area contributed by atoms with Crippen molar-refractivity contribution in [2.45, 2.75) is 25.8 Å². The zero-order chi connectivity index (χ0) is 18.1. The van der Waals surface area contributed by atoms with Crippen molar-refractivity contribution in [2.75, 3.05) is 36.4 Å². The van der Waals surface area contributed by atoms with Crippen molar-refractivity contribution in [1.82, 2.24) is 4.90 Å². The van der Waals surface area contributed by atoms with Crippen molar-refractivity contribution in [2.24, 2.45) is 0 Å². The summed E-state index contributed by atoms with van der Waals surface area (Å²) in [4.78, 5) is 28.0. The molecule has 3 fully saturated rings. The maximum absolute atomic E-state index is 11.7. The highest BCUT2D eigenvalue weighted by Gasteiger charge is 2.31. The third kappa shape index (κ3) is 3.12. The molecule has 5 rings (SSSR count). The predicted octanol–water partition coefficient (Wildman–Crippen LogP) is 3.00. The first kappa shape index (κ1) is 16.8. The fourth-order valence-corrected chi connectivity index (χ4v) is 4.04. The number of aldehydes is 1. The van der Waals surface area contributed by atoms with Gasteiger partial charge in [-0.25, -0.2) is 0 Å². The first-order valence-corrected chi connectivity index (χ1v) is 9.10. The molecule has 26 heavy (non-hydrogen) atoms. The molecule has 6 nitrogen and oxygen atoms in total. The summed E-state index contributed by atoms with van der Waals surface area (Å²) in [6, 6.07) is 9.87. The highest BCUT2D eigenvalue weighted by Crippen LogP contribution is 2.37. The number of benzene rings is 1. The van der Waals surface area contributed by atoms with E-state index in [4.69, 9.17) is 4.42 Å². The molecule has 1 aromatic heterocycles. The molecule has 0 radical (unpaired) electrons. The Balaban J connectivity index is 1.72. The Morgan fingerprint density at radius 1 is 1.19 bits per heavy atom. The Labute approximate surface area is 152 Å².